The molecule has 0 radical (unpaired) electrons. The number of nitrogens with one attached hydrogen (secondary N) is 1. The van der Waals surface area contributed by atoms with E-state index in [0.717, 1.165) is 18.0 Å². The van der Waals surface area contributed by atoms with Gasteiger partial charge in [-0.3, -0.25) is 0 Å². The molecule has 1 aromatic heterocycles. The van der Waals surface area contributed by atoms with E-state index >= 15 is 0 Å². The highest BCUT2D eigenvalue weighted by molar-refractivity contribution is 7.09. The Hall–Kier alpha value is -0.680. The van der Waals surface area contributed by atoms with Crippen LogP contribution >= 0.6 is 11.5 Å². The number of hydrogen-bond acceptors (Lipinski definition) is 5. The Kier molecular flexibility index (Phi) is 3.62. The fourth-order valence-corrected chi connectivity index (χ4v) is 1.77. The molecule has 0 fully saturated rings. The fourth-order valence-electron chi connectivity index (χ4n) is 1.22. The van der Waals surface area contributed by atoms with E-state index in [0.29, 0.717) is 6.54 Å². The molecule has 0 amide bonds. The van der Waals surface area contributed by atoms with Gasteiger partial charge in [0.25, 0.3) is 0 Å². The van der Waals surface area contributed by atoms with Crippen molar-refractivity contribution in [2.24, 2.45) is 5.73 Å². The van der Waals surface area contributed by atoms with Gasteiger partial charge in [-0.2, -0.15) is 4.37 Å². The molecule has 0 saturated carbocycles. The van der Waals surface area contributed by atoms with E-state index in [1.807, 2.05) is 0 Å². The molecule has 0 spiro atoms. The second-order valence-electron chi connectivity index (χ2n) is 3.06. The summed E-state index contributed by atoms with van der Waals surface area (Å²) in [5.41, 5.74) is 5.72. The molecule has 5 heteroatoms. The predicted octanol–water partition coefficient (Wildman–Crippen LogP) is 1.47. The molecule has 0 aromatic carbocycles. The summed E-state index contributed by atoms with van der Waals surface area (Å²) in [6.07, 6.45) is 3.55. The van der Waals surface area contributed by atoms with Gasteiger partial charge in [0.05, 0.1) is 5.54 Å². The van der Waals surface area contributed by atoms with Crippen LogP contribution in [0.25, 0.3) is 0 Å². The maximum atomic E-state index is 5.74. The normalized spacial score (nSPS) is 11.6. The Morgan fingerprint density at radius 1 is 1.54 bits per heavy atom. The van der Waals surface area contributed by atoms with Gasteiger partial charge >= 0.3 is 0 Å². The van der Waals surface area contributed by atoms with Crippen LogP contribution in [0.1, 0.15) is 26.7 Å². The van der Waals surface area contributed by atoms with Crippen molar-refractivity contribution in [1.29, 1.82) is 0 Å². The van der Waals surface area contributed by atoms with Crippen molar-refractivity contribution in [3.05, 3.63) is 6.33 Å². The molecule has 0 aliphatic rings. The van der Waals surface area contributed by atoms with Gasteiger partial charge in [0.15, 0.2) is 0 Å². The van der Waals surface area contributed by atoms with E-state index < -0.39 is 0 Å². The minimum absolute atomic E-state index is 0.0144. The molecule has 0 saturated heterocycles. The van der Waals surface area contributed by atoms with E-state index in [1.165, 1.54) is 11.5 Å². The maximum Gasteiger partial charge on any atom is 0.202 e. The van der Waals surface area contributed by atoms with Crippen molar-refractivity contribution in [2.45, 2.75) is 32.2 Å². The van der Waals surface area contributed by atoms with Crippen LogP contribution in [0.3, 0.4) is 0 Å². The third kappa shape index (κ3) is 2.38. The Morgan fingerprint density at radius 2 is 2.23 bits per heavy atom. The minimum atomic E-state index is -0.0144. The molecule has 13 heavy (non-hydrogen) atoms. The third-order valence-electron chi connectivity index (χ3n) is 2.48. The molecule has 0 bridgehead atoms. The van der Waals surface area contributed by atoms with Crippen molar-refractivity contribution < 1.29 is 0 Å². The van der Waals surface area contributed by atoms with Crippen molar-refractivity contribution >= 4 is 16.7 Å². The first kappa shape index (κ1) is 10.4. The lowest BCUT2D eigenvalue weighted by Gasteiger charge is -2.30. The smallest absolute Gasteiger partial charge is 0.202 e. The molecular formula is C8H16N4S. The maximum absolute atomic E-state index is 5.74. The Morgan fingerprint density at radius 3 is 2.62 bits per heavy atom. The lowest BCUT2D eigenvalue weighted by atomic mass is 9.93. The zero-order chi connectivity index (χ0) is 9.73. The molecule has 3 N–H and O–H groups in total. The molecule has 4 nitrogen and oxygen atoms in total. The standard InChI is InChI=1S/C8H16N4S/c1-3-8(4-2,5-9)12-7-10-6-11-13-7/h6H,3-5,9H2,1-2H3,(H,10,11,12). The van der Waals surface area contributed by atoms with Crippen molar-refractivity contribution in [2.75, 3.05) is 11.9 Å². The van der Waals surface area contributed by atoms with Gasteiger partial charge in [-0.25, -0.2) is 4.98 Å². The number of rotatable bonds is 5. The van der Waals surface area contributed by atoms with Crippen LogP contribution in [0.4, 0.5) is 5.13 Å². The zero-order valence-corrected chi connectivity index (χ0v) is 8.90. The third-order valence-corrected chi connectivity index (χ3v) is 3.06. The van der Waals surface area contributed by atoms with E-state index in [4.69, 9.17) is 5.73 Å². The average Bonchev–Trinajstić information content (AvgIpc) is 2.67. The van der Waals surface area contributed by atoms with E-state index in [2.05, 4.69) is 28.5 Å². The topological polar surface area (TPSA) is 63.8 Å². The SMILES string of the molecule is CCC(CC)(CN)Nc1ncns1. The lowest BCUT2D eigenvalue weighted by Crippen LogP contribution is -2.44. The molecule has 1 rings (SSSR count). The molecule has 0 aliphatic heterocycles. The summed E-state index contributed by atoms with van der Waals surface area (Å²) in [7, 11) is 0. The van der Waals surface area contributed by atoms with E-state index in [-0.39, 0.29) is 5.54 Å². The Labute approximate surface area is 82.7 Å². The van der Waals surface area contributed by atoms with Gasteiger partial charge in [-0.15, -0.1) is 0 Å². The van der Waals surface area contributed by atoms with Gasteiger partial charge in [-0.05, 0) is 12.8 Å². The molecule has 0 unspecified atom stereocenters. The van der Waals surface area contributed by atoms with Crippen molar-refractivity contribution in [3.8, 4) is 0 Å². The largest absolute Gasteiger partial charge is 0.354 e. The Balaban J connectivity index is 2.67. The van der Waals surface area contributed by atoms with Gasteiger partial charge in [0.2, 0.25) is 5.13 Å². The molecule has 74 valence electrons. The monoisotopic (exact) mass is 200 g/mol. The quantitative estimate of drug-likeness (QED) is 0.755. The highest BCUT2D eigenvalue weighted by Crippen LogP contribution is 2.21. The highest BCUT2D eigenvalue weighted by Gasteiger charge is 2.24. The molecular weight excluding hydrogens is 184 g/mol. The van der Waals surface area contributed by atoms with Crippen LogP contribution in [0.15, 0.2) is 6.33 Å². The predicted molar refractivity (Wildman–Crippen MR) is 55.9 cm³/mol. The van der Waals surface area contributed by atoms with Gasteiger partial charge in [0.1, 0.15) is 6.33 Å². The minimum Gasteiger partial charge on any atom is -0.354 e. The summed E-state index contributed by atoms with van der Waals surface area (Å²) in [6.45, 7) is 4.88. The number of nitrogens with zero attached hydrogens (tertiary/aromatic N) is 2. The second kappa shape index (κ2) is 4.53. The number of hydrogen-bond donors (Lipinski definition) is 2. The van der Waals surface area contributed by atoms with E-state index in [9.17, 15) is 0 Å². The number of aromatic nitrogens is 2. The Bertz CT molecular complexity index is 222. The van der Waals surface area contributed by atoms with Crippen LogP contribution in [0.5, 0.6) is 0 Å². The zero-order valence-electron chi connectivity index (χ0n) is 8.08. The van der Waals surface area contributed by atoms with Crippen LogP contribution in [-0.4, -0.2) is 21.4 Å². The highest BCUT2D eigenvalue weighted by atomic mass is 32.1. The molecule has 1 aromatic rings. The first-order valence-electron chi connectivity index (χ1n) is 4.51. The summed E-state index contributed by atoms with van der Waals surface area (Å²) < 4.78 is 3.94. The fraction of sp³-hybridized carbons (Fsp3) is 0.750. The van der Waals surface area contributed by atoms with Crippen LogP contribution in [0, 0.1) is 0 Å². The van der Waals surface area contributed by atoms with E-state index in [1.54, 1.807) is 6.33 Å². The van der Waals surface area contributed by atoms with Crippen molar-refractivity contribution in [1.82, 2.24) is 9.36 Å². The summed E-state index contributed by atoms with van der Waals surface area (Å²) in [6, 6.07) is 0. The summed E-state index contributed by atoms with van der Waals surface area (Å²) in [4.78, 5) is 4.09. The lowest BCUT2D eigenvalue weighted by molar-refractivity contribution is 0.445. The average molecular weight is 200 g/mol. The summed E-state index contributed by atoms with van der Waals surface area (Å²) in [5, 5.41) is 4.20. The summed E-state index contributed by atoms with van der Waals surface area (Å²) in [5.74, 6) is 0. The van der Waals surface area contributed by atoms with Gasteiger partial charge in [-0.1, -0.05) is 13.8 Å². The molecule has 1 heterocycles. The van der Waals surface area contributed by atoms with Crippen molar-refractivity contribution in [3.63, 3.8) is 0 Å². The molecule has 0 atom stereocenters. The number of anilines is 1. The van der Waals surface area contributed by atoms with Crippen LogP contribution in [0.2, 0.25) is 0 Å². The van der Waals surface area contributed by atoms with Gasteiger partial charge in [0, 0.05) is 18.1 Å². The van der Waals surface area contributed by atoms with Crippen LogP contribution in [-0.2, 0) is 0 Å². The number of nitrogens with two attached hydrogens (primary N) is 1. The first-order chi connectivity index (χ1) is 6.26. The first-order valence-corrected chi connectivity index (χ1v) is 5.28. The molecule has 0 aliphatic carbocycles. The second-order valence-corrected chi connectivity index (χ2v) is 3.84. The summed E-state index contributed by atoms with van der Waals surface area (Å²) >= 11 is 1.37. The van der Waals surface area contributed by atoms with Gasteiger partial charge < -0.3 is 11.1 Å². The van der Waals surface area contributed by atoms with Crippen LogP contribution < -0.4 is 11.1 Å².